The molecule has 6 heteroatoms. The number of hydrogen-bond donors (Lipinski definition) is 2. The van der Waals surface area contributed by atoms with Gasteiger partial charge < -0.3 is 20.1 Å². The third-order valence-corrected chi connectivity index (χ3v) is 6.54. The normalized spacial score (nSPS) is 10.9. The lowest BCUT2D eigenvalue weighted by atomic mass is 10.1. The van der Waals surface area contributed by atoms with Crippen LogP contribution in [-0.4, -0.2) is 48.7 Å². The Bertz CT molecular complexity index is 823. The molecule has 1 rings (SSSR count). The summed E-state index contributed by atoms with van der Waals surface area (Å²) >= 11 is 0. The summed E-state index contributed by atoms with van der Waals surface area (Å²) in [4.78, 5) is 2.58. The Morgan fingerprint density at radius 2 is 1.28 bits per heavy atom. The van der Waals surface area contributed by atoms with E-state index in [1.54, 1.807) is 0 Å². The van der Waals surface area contributed by atoms with Crippen LogP contribution in [0.2, 0.25) is 0 Å². The Morgan fingerprint density at radius 3 is 1.83 bits per heavy atom. The van der Waals surface area contributed by atoms with E-state index in [-0.39, 0.29) is 0 Å². The second-order valence-electron chi connectivity index (χ2n) is 9.72. The van der Waals surface area contributed by atoms with Crippen LogP contribution in [-0.2, 0) is 6.54 Å². The minimum absolute atomic E-state index is 0.672. The zero-order valence-corrected chi connectivity index (χ0v) is 22.7. The monoisotopic (exact) mass is 494 g/mol. The lowest BCUT2D eigenvalue weighted by molar-refractivity contribution is 0.255. The van der Waals surface area contributed by atoms with E-state index in [1.807, 2.05) is 12.1 Å². The van der Waals surface area contributed by atoms with E-state index in [9.17, 15) is 0 Å². The number of unbranched alkanes of at least 4 members (excludes halogenated alkanes) is 9. The van der Waals surface area contributed by atoms with Crippen LogP contribution in [0.1, 0.15) is 83.5 Å². The minimum Gasteiger partial charge on any atom is -0.388 e. The van der Waals surface area contributed by atoms with Crippen LogP contribution in [0.15, 0.2) is 24.4 Å². The molecule has 1 heterocycles. The van der Waals surface area contributed by atoms with Crippen molar-refractivity contribution in [1.82, 2.24) is 20.1 Å². The molecule has 0 aromatic carbocycles. The summed E-state index contributed by atoms with van der Waals surface area (Å²) in [6, 6.07) is 8.52. The number of rotatable bonds is 24. The molecule has 0 saturated heterocycles. The Kier molecular flexibility index (Phi) is 19.0. The Morgan fingerprint density at radius 1 is 0.750 bits per heavy atom. The summed E-state index contributed by atoms with van der Waals surface area (Å²) in [6.07, 6.45) is 13.8. The molecule has 0 aliphatic carbocycles. The van der Waals surface area contributed by atoms with Crippen LogP contribution in [0.25, 0.3) is 13.2 Å². The third-order valence-electron chi connectivity index (χ3n) is 6.54. The minimum atomic E-state index is 0.672. The zero-order chi connectivity index (χ0) is 26.3. The molecule has 6 nitrogen and oxygen atoms in total. The van der Waals surface area contributed by atoms with Crippen LogP contribution in [0.4, 0.5) is 0 Å². The Labute approximate surface area is 220 Å². The Hall–Kier alpha value is -2.54. The SMILES string of the molecule is C=C(CNCCCCn1c(=C)ccc1=C)NCCCCCN(CCCCCC#N)CCCCCC#N. The van der Waals surface area contributed by atoms with Gasteiger partial charge in [-0.25, -0.2) is 0 Å². The van der Waals surface area contributed by atoms with Gasteiger partial charge in [0.15, 0.2) is 0 Å². The van der Waals surface area contributed by atoms with Crippen molar-refractivity contribution in [1.29, 1.82) is 10.5 Å². The molecule has 0 fully saturated rings. The summed E-state index contributed by atoms with van der Waals surface area (Å²) < 4.78 is 2.17. The van der Waals surface area contributed by atoms with Gasteiger partial charge in [-0.15, -0.1) is 0 Å². The molecular formula is C30H50N6. The molecule has 0 unspecified atom stereocenters. The van der Waals surface area contributed by atoms with E-state index in [0.717, 1.165) is 107 Å². The smallest absolute Gasteiger partial charge is 0.0621 e. The van der Waals surface area contributed by atoms with Gasteiger partial charge in [0.2, 0.25) is 0 Å². The molecular weight excluding hydrogens is 444 g/mol. The highest BCUT2D eigenvalue weighted by atomic mass is 15.1. The maximum absolute atomic E-state index is 8.70. The summed E-state index contributed by atoms with van der Waals surface area (Å²) in [7, 11) is 0. The van der Waals surface area contributed by atoms with Crippen LogP contribution in [0, 0.1) is 22.7 Å². The molecule has 36 heavy (non-hydrogen) atoms. The molecule has 0 aliphatic heterocycles. The van der Waals surface area contributed by atoms with Crippen molar-refractivity contribution >= 4 is 13.2 Å². The van der Waals surface area contributed by atoms with E-state index in [0.29, 0.717) is 12.8 Å². The summed E-state index contributed by atoms with van der Waals surface area (Å²) in [5.41, 5.74) is 1.07. The molecule has 1 aromatic rings. The van der Waals surface area contributed by atoms with Gasteiger partial charge in [0.25, 0.3) is 0 Å². The van der Waals surface area contributed by atoms with Gasteiger partial charge in [-0.2, -0.15) is 10.5 Å². The van der Waals surface area contributed by atoms with Gasteiger partial charge in [0, 0.05) is 48.9 Å². The van der Waals surface area contributed by atoms with Crippen molar-refractivity contribution < 1.29 is 0 Å². The number of nitriles is 2. The second kappa shape index (κ2) is 21.7. The topological polar surface area (TPSA) is 79.8 Å². The average molecular weight is 495 g/mol. The van der Waals surface area contributed by atoms with E-state index < -0.39 is 0 Å². The lowest BCUT2D eigenvalue weighted by Crippen LogP contribution is -2.28. The van der Waals surface area contributed by atoms with Gasteiger partial charge in [-0.05, 0) is 89.7 Å². The summed E-state index contributed by atoms with van der Waals surface area (Å²) in [5.74, 6) is 0. The van der Waals surface area contributed by atoms with Gasteiger partial charge in [0.1, 0.15) is 0 Å². The largest absolute Gasteiger partial charge is 0.388 e. The summed E-state index contributed by atoms with van der Waals surface area (Å²) in [6.45, 7) is 19.4. The predicted octanol–water partition coefficient (Wildman–Crippen LogP) is 4.42. The van der Waals surface area contributed by atoms with Crippen molar-refractivity contribution in [2.45, 2.75) is 90.0 Å². The average Bonchev–Trinajstić information content (AvgIpc) is 3.19. The highest BCUT2D eigenvalue weighted by molar-refractivity contribution is 5.08. The van der Waals surface area contributed by atoms with Crippen LogP contribution < -0.4 is 21.3 Å². The van der Waals surface area contributed by atoms with Crippen LogP contribution >= 0.6 is 0 Å². The molecule has 0 saturated carbocycles. The molecule has 0 bridgehead atoms. The van der Waals surface area contributed by atoms with Crippen LogP contribution in [0.3, 0.4) is 0 Å². The molecule has 0 radical (unpaired) electrons. The Balaban J connectivity index is 2.06. The standard InChI is InChI=1S/C30H50N6/c1-28(27-33-21-12-16-26-36-29(2)17-18-30(36)3)34-22-11-8-15-25-35(23-13-6-4-9-19-31)24-14-7-5-10-20-32/h17-18,33-34H,1-16,21-27H2. The van der Waals surface area contributed by atoms with Crippen LogP contribution in [0.5, 0.6) is 0 Å². The van der Waals surface area contributed by atoms with Gasteiger partial charge in [-0.1, -0.05) is 39.0 Å². The highest BCUT2D eigenvalue weighted by Gasteiger charge is 2.05. The zero-order valence-electron chi connectivity index (χ0n) is 22.7. The second-order valence-corrected chi connectivity index (χ2v) is 9.72. The van der Waals surface area contributed by atoms with E-state index in [4.69, 9.17) is 10.5 Å². The maximum atomic E-state index is 8.70. The van der Waals surface area contributed by atoms with Gasteiger partial charge in [-0.3, -0.25) is 0 Å². The first-order valence-corrected chi connectivity index (χ1v) is 14.0. The van der Waals surface area contributed by atoms with Crippen molar-refractivity contribution in [3.8, 4) is 12.1 Å². The van der Waals surface area contributed by atoms with Crippen molar-refractivity contribution in [3.63, 3.8) is 0 Å². The first-order valence-electron chi connectivity index (χ1n) is 14.0. The van der Waals surface area contributed by atoms with E-state index in [2.05, 4.69) is 52.0 Å². The quantitative estimate of drug-likeness (QED) is 0.208. The number of nitrogens with zero attached hydrogens (tertiary/aromatic N) is 4. The number of nitrogens with one attached hydrogen (secondary N) is 2. The molecule has 0 aliphatic rings. The van der Waals surface area contributed by atoms with Gasteiger partial charge >= 0.3 is 0 Å². The maximum Gasteiger partial charge on any atom is 0.0621 e. The third kappa shape index (κ3) is 16.2. The predicted molar refractivity (Wildman–Crippen MR) is 152 cm³/mol. The molecule has 200 valence electrons. The molecule has 0 atom stereocenters. The van der Waals surface area contributed by atoms with Gasteiger partial charge in [0.05, 0.1) is 12.1 Å². The fourth-order valence-electron chi connectivity index (χ4n) is 4.34. The fraction of sp³-hybridized carbons (Fsp3) is 0.667. The first-order chi connectivity index (χ1) is 17.6. The molecule has 2 N–H and O–H groups in total. The van der Waals surface area contributed by atoms with Crippen molar-refractivity contribution in [3.05, 3.63) is 35.1 Å². The first kappa shape index (κ1) is 31.5. The van der Waals surface area contributed by atoms with E-state index >= 15 is 0 Å². The van der Waals surface area contributed by atoms with E-state index in [1.165, 1.54) is 25.7 Å². The number of aromatic nitrogens is 1. The molecule has 0 spiro atoms. The molecule has 1 aromatic heterocycles. The van der Waals surface area contributed by atoms with Crippen molar-refractivity contribution in [2.24, 2.45) is 0 Å². The molecule has 0 amide bonds. The fourth-order valence-corrected chi connectivity index (χ4v) is 4.34. The highest BCUT2D eigenvalue weighted by Crippen LogP contribution is 2.07. The lowest BCUT2D eigenvalue weighted by Gasteiger charge is -2.22. The summed E-state index contributed by atoms with van der Waals surface area (Å²) in [5, 5.41) is 26.4. The number of hydrogen-bond acceptors (Lipinski definition) is 5. The van der Waals surface area contributed by atoms with Crippen molar-refractivity contribution in [2.75, 3.05) is 39.3 Å².